The summed E-state index contributed by atoms with van der Waals surface area (Å²) in [4.78, 5) is 0.0301. The highest BCUT2D eigenvalue weighted by atomic mass is 35.5. The van der Waals surface area contributed by atoms with Crippen molar-refractivity contribution in [2.45, 2.75) is 18.4 Å². The Balaban J connectivity index is 0. The fraction of sp³-hybridized carbons (Fsp3) is 0.400. The summed E-state index contributed by atoms with van der Waals surface area (Å²) in [6.07, 6.45) is 1.06. The third-order valence-corrected chi connectivity index (χ3v) is 2.88. The van der Waals surface area contributed by atoms with Crippen LogP contribution in [0.2, 0.25) is 0 Å². The van der Waals surface area contributed by atoms with E-state index in [9.17, 15) is 12.8 Å². The summed E-state index contributed by atoms with van der Waals surface area (Å²) in [6, 6.07) is 3.70. The predicted octanol–water partition coefficient (Wildman–Crippen LogP) is -3.03. The zero-order chi connectivity index (χ0) is 12.8. The summed E-state index contributed by atoms with van der Waals surface area (Å²) in [7, 11) is -3.35. The van der Waals surface area contributed by atoms with Crippen molar-refractivity contribution in [3.63, 3.8) is 0 Å². The molecule has 1 rings (SSSR count). The summed E-state index contributed by atoms with van der Waals surface area (Å²) in [5, 5.41) is 7.57. The van der Waals surface area contributed by atoms with Crippen molar-refractivity contribution in [3.8, 4) is 0 Å². The van der Waals surface area contributed by atoms with E-state index in [1.165, 1.54) is 12.1 Å². The highest BCUT2D eigenvalue weighted by molar-refractivity contribution is 7.90. The molecule has 0 aliphatic rings. The van der Waals surface area contributed by atoms with Gasteiger partial charge in [0.1, 0.15) is 12.4 Å². The average Bonchev–Trinajstić information content (AvgIpc) is 2.17. The molecule has 17 heavy (non-hydrogen) atoms. The van der Waals surface area contributed by atoms with E-state index in [1.54, 1.807) is 6.92 Å². The number of hydrogen-bond donors (Lipinski definition) is 2. The van der Waals surface area contributed by atoms with Gasteiger partial charge in [-0.2, -0.15) is 0 Å². The normalized spacial score (nSPS) is 9.94. The number of sulfone groups is 1. The monoisotopic (exact) mass is 285 g/mol. The molecule has 0 saturated heterocycles. The molecule has 1 aromatic rings. The van der Waals surface area contributed by atoms with Crippen LogP contribution in [-0.4, -0.2) is 26.4 Å². The highest BCUT2D eigenvalue weighted by Crippen LogP contribution is 2.15. The van der Waals surface area contributed by atoms with Crippen molar-refractivity contribution in [1.29, 1.82) is 0 Å². The first-order chi connectivity index (χ1) is 7.36. The quantitative estimate of drug-likeness (QED) is 0.607. The summed E-state index contributed by atoms with van der Waals surface area (Å²) in [5.74, 6) is -0.544. The van der Waals surface area contributed by atoms with Crippen molar-refractivity contribution in [2.75, 3.05) is 12.9 Å². The standard InChI is InChI=1S/C8H10FNO2S.C2H6O.ClH/c1-13(11,12)8-4-7(9)3-2-6(8)5-10;1-2-3;/h2-4H,5,10H2,1H3;3H,2H2,1H3;1H. The van der Waals surface area contributed by atoms with Gasteiger partial charge in [0.2, 0.25) is 0 Å². The smallest absolute Gasteiger partial charge is 0.176 e. The minimum Gasteiger partial charge on any atom is -1.00 e. The van der Waals surface area contributed by atoms with Gasteiger partial charge in [-0.1, -0.05) is 0 Å². The van der Waals surface area contributed by atoms with Gasteiger partial charge in [-0.05, 0) is 25.1 Å². The molecule has 0 aliphatic carbocycles. The Kier molecular flexibility index (Phi) is 9.23. The zero-order valence-corrected chi connectivity index (χ0v) is 11.4. The summed E-state index contributed by atoms with van der Waals surface area (Å²) >= 11 is 0. The molecule has 4 nitrogen and oxygen atoms in total. The molecule has 0 spiro atoms. The lowest BCUT2D eigenvalue weighted by Crippen LogP contribution is -3.00. The molecule has 0 fully saturated rings. The zero-order valence-electron chi connectivity index (χ0n) is 9.78. The summed E-state index contributed by atoms with van der Waals surface area (Å²) in [5.41, 5.74) is 4.12. The average molecular weight is 286 g/mol. The molecule has 0 amide bonds. The highest BCUT2D eigenvalue weighted by Gasteiger charge is 2.13. The molecular formula is C10H17ClFNO3S. The fourth-order valence-electron chi connectivity index (χ4n) is 1.08. The maximum atomic E-state index is 12.7. The van der Waals surface area contributed by atoms with Crippen LogP contribution in [0.15, 0.2) is 23.1 Å². The van der Waals surface area contributed by atoms with E-state index < -0.39 is 15.7 Å². The number of halogens is 2. The SMILES string of the molecule is CCO.CS(=O)(=O)c1cc(F)ccc1C[NH3+].[Cl-]. The van der Waals surface area contributed by atoms with Gasteiger partial charge in [-0.3, -0.25) is 0 Å². The van der Waals surface area contributed by atoms with Crippen molar-refractivity contribution in [2.24, 2.45) is 0 Å². The van der Waals surface area contributed by atoms with Crippen LogP contribution in [0.5, 0.6) is 0 Å². The lowest BCUT2D eigenvalue weighted by molar-refractivity contribution is -0.387. The number of aliphatic hydroxyl groups is 1. The number of hydrogen-bond acceptors (Lipinski definition) is 3. The molecule has 0 bridgehead atoms. The van der Waals surface area contributed by atoms with Crippen LogP contribution in [-0.2, 0) is 16.4 Å². The number of rotatable bonds is 2. The summed E-state index contributed by atoms with van der Waals surface area (Å²) < 4.78 is 35.1. The molecule has 0 atom stereocenters. The van der Waals surface area contributed by atoms with E-state index in [2.05, 4.69) is 5.73 Å². The van der Waals surface area contributed by atoms with E-state index in [0.29, 0.717) is 12.1 Å². The first-order valence-corrected chi connectivity index (χ1v) is 6.64. The Morgan fingerprint density at radius 1 is 1.41 bits per heavy atom. The lowest BCUT2D eigenvalue weighted by atomic mass is 10.2. The van der Waals surface area contributed by atoms with Crippen LogP contribution in [0.1, 0.15) is 12.5 Å². The molecular weight excluding hydrogens is 269 g/mol. The molecule has 0 unspecified atom stereocenters. The first kappa shape index (κ1) is 18.7. The third-order valence-electron chi connectivity index (χ3n) is 1.70. The van der Waals surface area contributed by atoms with Crippen molar-refractivity contribution < 1.29 is 36.1 Å². The molecule has 4 N–H and O–H groups in total. The van der Waals surface area contributed by atoms with Gasteiger partial charge in [-0.15, -0.1) is 0 Å². The predicted molar refractivity (Wildman–Crippen MR) is 58.9 cm³/mol. The van der Waals surface area contributed by atoms with Gasteiger partial charge >= 0.3 is 0 Å². The Hall–Kier alpha value is -0.690. The van der Waals surface area contributed by atoms with Crippen LogP contribution in [0.25, 0.3) is 0 Å². The molecule has 0 saturated carbocycles. The Labute approximate surface area is 107 Å². The van der Waals surface area contributed by atoms with Gasteiger partial charge in [0, 0.05) is 18.4 Å². The molecule has 1 aromatic carbocycles. The van der Waals surface area contributed by atoms with Crippen LogP contribution >= 0.6 is 0 Å². The minimum atomic E-state index is -3.35. The molecule has 0 heterocycles. The fourth-order valence-corrected chi connectivity index (χ4v) is 2.05. The second-order valence-corrected chi connectivity index (χ2v) is 5.07. The molecule has 7 heteroatoms. The number of quaternary nitrogens is 1. The third kappa shape index (κ3) is 6.58. The van der Waals surface area contributed by atoms with Gasteiger partial charge in [0.05, 0.1) is 4.90 Å². The van der Waals surface area contributed by atoms with E-state index in [1.807, 2.05) is 0 Å². The van der Waals surface area contributed by atoms with Crippen LogP contribution < -0.4 is 18.1 Å². The van der Waals surface area contributed by atoms with E-state index in [0.717, 1.165) is 12.3 Å². The van der Waals surface area contributed by atoms with Gasteiger partial charge in [-0.25, -0.2) is 12.8 Å². The van der Waals surface area contributed by atoms with Crippen LogP contribution in [0.4, 0.5) is 4.39 Å². The maximum Gasteiger partial charge on any atom is 0.176 e. The van der Waals surface area contributed by atoms with Crippen molar-refractivity contribution in [1.82, 2.24) is 0 Å². The second-order valence-electron chi connectivity index (χ2n) is 3.09. The Bertz CT molecular complexity index is 437. The van der Waals surface area contributed by atoms with Gasteiger partial charge < -0.3 is 23.2 Å². The molecule has 100 valence electrons. The topological polar surface area (TPSA) is 82.0 Å². The van der Waals surface area contributed by atoms with Crippen LogP contribution in [0.3, 0.4) is 0 Å². The van der Waals surface area contributed by atoms with E-state index in [4.69, 9.17) is 5.11 Å². The van der Waals surface area contributed by atoms with Crippen molar-refractivity contribution >= 4 is 9.84 Å². The van der Waals surface area contributed by atoms with Gasteiger partial charge in [0.15, 0.2) is 9.84 Å². The number of benzene rings is 1. The Morgan fingerprint density at radius 3 is 2.24 bits per heavy atom. The van der Waals surface area contributed by atoms with Crippen molar-refractivity contribution in [3.05, 3.63) is 29.6 Å². The first-order valence-electron chi connectivity index (χ1n) is 4.75. The lowest BCUT2D eigenvalue weighted by Gasteiger charge is -2.03. The minimum absolute atomic E-state index is 0. The molecule has 0 aromatic heterocycles. The van der Waals surface area contributed by atoms with E-state index in [-0.39, 0.29) is 23.9 Å². The number of aliphatic hydroxyl groups excluding tert-OH is 1. The van der Waals surface area contributed by atoms with Crippen LogP contribution in [0, 0.1) is 5.82 Å². The largest absolute Gasteiger partial charge is 1.00 e. The second kappa shape index (κ2) is 8.41. The van der Waals surface area contributed by atoms with E-state index >= 15 is 0 Å². The molecule has 0 radical (unpaired) electrons. The van der Waals surface area contributed by atoms with Gasteiger partial charge in [0.25, 0.3) is 0 Å². The summed E-state index contributed by atoms with van der Waals surface area (Å²) in [6.45, 7) is 2.27. The molecule has 0 aliphatic heterocycles. The Morgan fingerprint density at radius 2 is 1.88 bits per heavy atom. The maximum absolute atomic E-state index is 12.7.